The van der Waals surface area contributed by atoms with Gasteiger partial charge in [-0.2, -0.15) is 0 Å². The molecule has 1 N–H and O–H groups in total. The minimum absolute atomic E-state index is 0.104. The van der Waals surface area contributed by atoms with E-state index in [1.165, 1.54) is 18.2 Å². The van der Waals surface area contributed by atoms with Crippen LogP contribution < -0.4 is 5.32 Å². The molecule has 1 amide bonds. The summed E-state index contributed by atoms with van der Waals surface area (Å²) in [5.74, 6) is -0.346. The van der Waals surface area contributed by atoms with Gasteiger partial charge in [0.1, 0.15) is 0 Å². The predicted octanol–water partition coefficient (Wildman–Crippen LogP) is 3.56. The van der Waals surface area contributed by atoms with Crippen molar-refractivity contribution >= 4 is 23.2 Å². The van der Waals surface area contributed by atoms with E-state index < -0.39 is 4.92 Å². The van der Waals surface area contributed by atoms with Crippen LogP contribution in [0.25, 0.3) is 0 Å². The van der Waals surface area contributed by atoms with E-state index in [9.17, 15) is 14.9 Å². The number of nitro benzene ring substituents is 1. The third kappa shape index (κ3) is 3.28. The molecule has 1 aromatic carbocycles. The molecule has 1 fully saturated rings. The third-order valence-corrected chi connectivity index (χ3v) is 4.04. The fourth-order valence-electron chi connectivity index (χ4n) is 2.62. The summed E-state index contributed by atoms with van der Waals surface area (Å²) >= 11 is 5.95. The third-order valence-electron chi connectivity index (χ3n) is 3.71. The van der Waals surface area contributed by atoms with Gasteiger partial charge in [0, 0.05) is 18.2 Å². The van der Waals surface area contributed by atoms with Crippen LogP contribution in [0.4, 0.5) is 5.69 Å². The number of non-ortho nitro benzene ring substituents is 1. The molecule has 1 atom stereocenters. The van der Waals surface area contributed by atoms with Crippen molar-refractivity contribution in [3.05, 3.63) is 38.9 Å². The number of carbonyl (C=O) groups is 1. The van der Waals surface area contributed by atoms with Gasteiger partial charge in [-0.1, -0.05) is 25.4 Å². The summed E-state index contributed by atoms with van der Waals surface area (Å²) < 4.78 is 0. The first-order valence-corrected chi connectivity index (χ1v) is 6.91. The molecule has 20 heavy (non-hydrogen) atoms. The highest BCUT2D eigenvalue weighted by atomic mass is 35.5. The van der Waals surface area contributed by atoms with E-state index in [1.807, 2.05) is 0 Å². The summed E-state index contributed by atoms with van der Waals surface area (Å²) in [6, 6.07) is 4.00. The van der Waals surface area contributed by atoms with Gasteiger partial charge in [0.05, 0.1) is 15.5 Å². The molecular weight excluding hydrogens is 280 g/mol. The van der Waals surface area contributed by atoms with E-state index in [0.29, 0.717) is 0 Å². The lowest BCUT2D eigenvalue weighted by atomic mass is 9.92. The summed E-state index contributed by atoms with van der Waals surface area (Å²) in [4.78, 5) is 22.4. The molecule has 0 saturated heterocycles. The van der Waals surface area contributed by atoms with Gasteiger partial charge >= 0.3 is 0 Å². The van der Waals surface area contributed by atoms with Gasteiger partial charge in [-0.3, -0.25) is 14.9 Å². The van der Waals surface area contributed by atoms with Crippen molar-refractivity contribution in [2.45, 2.75) is 39.2 Å². The lowest BCUT2D eigenvalue weighted by Crippen LogP contribution is -2.33. The van der Waals surface area contributed by atoms with E-state index in [4.69, 9.17) is 11.6 Å². The quantitative estimate of drug-likeness (QED) is 0.684. The lowest BCUT2D eigenvalue weighted by molar-refractivity contribution is -0.384. The van der Waals surface area contributed by atoms with Gasteiger partial charge in [0.15, 0.2) is 0 Å². The molecule has 6 heteroatoms. The first-order valence-electron chi connectivity index (χ1n) is 6.53. The fourth-order valence-corrected chi connectivity index (χ4v) is 2.83. The van der Waals surface area contributed by atoms with Gasteiger partial charge in [-0.15, -0.1) is 0 Å². The van der Waals surface area contributed by atoms with Crippen molar-refractivity contribution in [1.82, 2.24) is 5.32 Å². The Kier molecular flexibility index (Phi) is 3.99. The molecule has 0 aromatic heterocycles. The van der Waals surface area contributed by atoms with E-state index in [2.05, 4.69) is 19.2 Å². The zero-order valence-corrected chi connectivity index (χ0v) is 12.2. The molecule has 1 aliphatic carbocycles. The van der Waals surface area contributed by atoms with Crippen LogP contribution in [0.15, 0.2) is 18.2 Å². The van der Waals surface area contributed by atoms with Crippen molar-refractivity contribution in [3.8, 4) is 0 Å². The Morgan fingerprint density at radius 3 is 2.75 bits per heavy atom. The van der Waals surface area contributed by atoms with E-state index in [0.717, 1.165) is 19.3 Å². The van der Waals surface area contributed by atoms with Crippen LogP contribution in [0.5, 0.6) is 0 Å². The first-order chi connectivity index (χ1) is 9.28. The standard InChI is InChI=1S/C14H17ClN2O3/c1-14(2)6-5-9(8-14)16-13(18)11-7-10(17(19)20)3-4-12(11)15/h3-4,7,9H,5-6,8H2,1-2H3,(H,16,18). The Morgan fingerprint density at radius 2 is 2.20 bits per heavy atom. The molecule has 1 unspecified atom stereocenters. The molecular formula is C14H17ClN2O3. The Hall–Kier alpha value is -1.62. The smallest absolute Gasteiger partial charge is 0.270 e. The van der Waals surface area contributed by atoms with Crippen molar-refractivity contribution in [3.63, 3.8) is 0 Å². The highest BCUT2D eigenvalue weighted by Gasteiger charge is 2.32. The molecule has 0 radical (unpaired) electrons. The summed E-state index contributed by atoms with van der Waals surface area (Å²) in [5.41, 5.74) is 0.251. The molecule has 1 saturated carbocycles. The Balaban J connectivity index is 2.13. The topological polar surface area (TPSA) is 72.2 Å². The molecule has 0 spiro atoms. The maximum atomic E-state index is 12.2. The van der Waals surface area contributed by atoms with E-state index >= 15 is 0 Å². The van der Waals surface area contributed by atoms with Crippen LogP contribution in [-0.2, 0) is 0 Å². The Morgan fingerprint density at radius 1 is 1.50 bits per heavy atom. The second-order valence-electron chi connectivity index (χ2n) is 6.00. The SMILES string of the molecule is CC1(C)CCC(NC(=O)c2cc([N+](=O)[O-])ccc2Cl)C1. The maximum absolute atomic E-state index is 12.2. The molecule has 1 aliphatic rings. The molecule has 5 nitrogen and oxygen atoms in total. The number of nitrogens with one attached hydrogen (secondary N) is 1. The monoisotopic (exact) mass is 296 g/mol. The molecule has 0 bridgehead atoms. The number of carbonyl (C=O) groups excluding carboxylic acids is 1. The van der Waals surface area contributed by atoms with Gasteiger partial charge in [0.25, 0.3) is 11.6 Å². The zero-order chi connectivity index (χ0) is 14.9. The Labute approximate surface area is 122 Å². The van der Waals surface area contributed by atoms with Crippen LogP contribution in [0, 0.1) is 15.5 Å². The number of hydrogen-bond donors (Lipinski definition) is 1. The molecule has 2 rings (SSSR count). The molecule has 0 heterocycles. The van der Waals surface area contributed by atoms with Gasteiger partial charge in [-0.25, -0.2) is 0 Å². The first kappa shape index (κ1) is 14.8. The number of benzene rings is 1. The van der Waals surface area contributed by atoms with Gasteiger partial charge < -0.3 is 5.32 Å². The normalized spacial score (nSPS) is 20.6. The minimum Gasteiger partial charge on any atom is -0.349 e. The number of hydrogen-bond acceptors (Lipinski definition) is 3. The van der Waals surface area contributed by atoms with Crippen molar-refractivity contribution in [2.24, 2.45) is 5.41 Å². The lowest BCUT2D eigenvalue weighted by Gasteiger charge is -2.18. The molecule has 1 aromatic rings. The number of rotatable bonds is 3. The second-order valence-corrected chi connectivity index (χ2v) is 6.41. The fraction of sp³-hybridized carbons (Fsp3) is 0.500. The van der Waals surface area contributed by atoms with Crippen LogP contribution in [0.1, 0.15) is 43.5 Å². The van der Waals surface area contributed by atoms with Crippen molar-refractivity contribution in [1.29, 1.82) is 0 Å². The summed E-state index contributed by atoms with van der Waals surface area (Å²) in [5, 5.41) is 13.9. The number of nitrogens with zero attached hydrogens (tertiary/aromatic N) is 1. The van der Waals surface area contributed by atoms with Crippen LogP contribution in [0.2, 0.25) is 5.02 Å². The van der Waals surface area contributed by atoms with Crippen molar-refractivity contribution < 1.29 is 9.72 Å². The van der Waals surface area contributed by atoms with E-state index in [-0.39, 0.29) is 33.6 Å². The Bertz CT molecular complexity index is 557. The maximum Gasteiger partial charge on any atom is 0.270 e. The molecule has 108 valence electrons. The summed E-state index contributed by atoms with van der Waals surface area (Å²) in [6.45, 7) is 4.33. The second kappa shape index (κ2) is 5.40. The zero-order valence-electron chi connectivity index (χ0n) is 11.5. The van der Waals surface area contributed by atoms with Crippen molar-refractivity contribution in [2.75, 3.05) is 0 Å². The number of halogens is 1. The molecule has 0 aliphatic heterocycles. The largest absolute Gasteiger partial charge is 0.349 e. The van der Waals surface area contributed by atoms with Crippen LogP contribution >= 0.6 is 11.6 Å². The van der Waals surface area contributed by atoms with Gasteiger partial charge in [-0.05, 0) is 30.7 Å². The average Bonchev–Trinajstić information content (AvgIpc) is 2.68. The number of amides is 1. The highest BCUT2D eigenvalue weighted by molar-refractivity contribution is 6.33. The van der Waals surface area contributed by atoms with Crippen LogP contribution in [-0.4, -0.2) is 16.9 Å². The highest BCUT2D eigenvalue weighted by Crippen LogP contribution is 2.37. The predicted molar refractivity (Wildman–Crippen MR) is 77.0 cm³/mol. The average molecular weight is 297 g/mol. The van der Waals surface area contributed by atoms with Gasteiger partial charge in [0.2, 0.25) is 0 Å². The van der Waals surface area contributed by atoms with Crippen LogP contribution in [0.3, 0.4) is 0 Å². The summed E-state index contributed by atoms with van der Waals surface area (Å²) in [7, 11) is 0. The number of nitro groups is 1. The minimum atomic E-state index is -0.536. The summed E-state index contributed by atoms with van der Waals surface area (Å²) in [6.07, 6.45) is 2.89. The van der Waals surface area contributed by atoms with E-state index in [1.54, 1.807) is 0 Å².